The molecule has 0 radical (unpaired) electrons. The summed E-state index contributed by atoms with van der Waals surface area (Å²) in [4.78, 5) is 21.4. The van der Waals surface area contributed by atoms with Gasteiger partial charge in [0, 0.05) is 25.5 Å². The molecule has 74 valence electrons. The first-order valence-corrected chi connectivity index (χ1v) is 4.51. The molecule has 1 N–H and O–H groups in total. The second-order valence-corrected chi connectivity index (χ2v) is 3.48. The van der Waals surface area contributed by atoms with E-state index in [1.807, 2.05) is 7.05 Å². The molecule has 2 heterocycles. The number of nitrogens with one attached hydrogen (secondary N) is 1. The number of likely N-dealkylation sites (N-methyl/N-ethyl adjacent to an activating group) is 1. The lowest BCUT2D eigenvalue weighted by atomic mass is 10.1. The molecule has 0 saturated carbocycles. The first-order valence-electron chi connectivity index (χ1n) is 4.51. The van der Waals surface area contributed by atoms with E-state index in [-0.39, 0.29) is 11.9 Å². The van der Waals surface area contributed by atoms with Crippen LogP contribution in [-0.4, -0.2) is 47.0 Å². The number of hydrogen-bond acceptors (Lipinski definition) is 4. The van der Waals surface area contributed by atoms with E-state index in [4.69, 9.17) is 0 Å². The first kappa shape index (κ1) is 9.08. The van der Waals surface area contributed by atoms with Gasteiger partial charge in [-0.25, -0.2) is 4.98 Å². The predicted molar refractivity (Wildman–Crippen MR) is 50.8 cm³/mol. The Bertz CT molecular complexity index is 321. The number of nitrogens with zero attached hydrogens (tertiary/aromatic N) is 3. The smallest absolute Gasteiger partial charge is 0.271 e. The van der Waals surface area contributed by atoms with Crippen molar-refractivity contribution < 1.29 is 4.79 Å². The number of aromatic nitrogens is 2. The normalized spacial score (nSPS) is 17.5. The van der Waals surface area contributed by atoms with E-state index < -0.39 is 0 Å². The molecule has 1 aromatic rings. The van der Waals surface area contributed by atoms with E-state index >= 15 is 0 Å². The summed E-state index contributed by atoms with van der Waals surface area (Å²) in [7, 11) is 2.02. The van der Waals surface area contributed by atoms with Gasteiger partial charge < -0.3 is 10.2 Å². The fourth-order valence-electron chi connectivity index (χ4n) is 1.47. The summed E-state index contributed by atoms with van der Waals surface area (Å²) < 4.78 is 0. The highest BCUT2D eigenvalue weighted by Crippen LogP contribution is 2.04. The van der Waals surface area contributed by atoms with Crippen LogP contribution in [0.15, 0.2) is 18.6 Å². The van der Waals surface area contributed by atoms with Crippen molar-refractivity contribution in [2.45, 2.75) is 6.04 Å². The van der Waals surface area contributed by atoms with Crippen LogP contribution in [0.1, 0.15) is 10.5 Å². The number of amides is 1. The van der Waals surface area contributed by atoms with Gasteiger partial charge >= 0.3 is 0 Å². The number of hydrogen-bond donors (Lipinski definition) is 1. The molecule has 1 aliphatic heterocycles. The molecule has 0 spiro atoms. The second kappa shape index (κ2) is 3.71. The third-order valence-corrected chi connectivity index (χ3v) is 2.20. The lowest BCUT2D eigenvalue weighted by Crippen LogP contribution is -2.57. The summed E-state index contributed by atoms with van der Waals surface area (Å²) in [5.74, 6) is -0.142. The fourth-order valence-corrected chi connectivity index (χ4v) is 1.47. The standard InChI is InChI=1S/C9H12N4O/c1-13-5-7(6-13)12-9(14)8-4-10-2-3-11-8/h2-4,7H,5-6H2,1H3,(H,12,14). The predicted octanol–water partition coefficient (Wildman–Crippen LogP) is -0.480. The SMILES string of the molecule is CN1CC(NC(=O)c2cnccn2)C1. The van der Waals surface area contributed by atoms with Gasteiger partial charge in [0.25, 0.3) is 5.91 Å². The molecule has 1 amide bonds. The minimum Gasteiger partial charge on any atom is -0.345 e. The molecule has 1 aromatic heterocycles. The van der Waals surface area contributed by atoms with E-state index in [1.54, 1.807) is 6.20 Å². The van der Waals surface area contributed by atoms with Gasteiger partial charge in [0.05, 0.1) is 12.2 Å². The fraction of sp³-hybridized carbons (Fsp3) is 0.444. The summed E-state index contributed by atoms with van der Waals surface area (Å²) in [6, 6.07) is 0.259. The van der Waals surface area contributed by atoms with Gasteiger partial charge in [-0.2, -0.15) is 0 Å². The Labute approximate surface area is 82.2 Å². The molecule has 5 heteroatoms. The van der Waals surface area contributed by atoms with E-state index in [0.717, 1.165) is 13.1 Å². The molecule has 0 bridgehead atoms. The Hall–Kier alpha value is -1.49. The van der Waals surface area contributed by atoms with Crippen LogP contribution in [0.3, 0.4) is 0 Å². The molecular formula is C9H12N4O. The Morgan fingerprint density at radius 2 is 2.36 bits per heavy atom. The molecule has 0 aromatic carbocycles. The maximum absolute atomic E-state index is 11.5. The third-order valence-electron chi connectivity index (χ3n) is 2.20. The highest BCUT2D eigenvalue weighted by molar-refractivity contribution is 5.92. The highest BCUT2D eigenvalue weighted by atomic mass is 16.2. The van der Waals surface area contributed by atoms with Crippen LogP contribution in [0.5, 0.6) is 0 Å². The van der Waals surface area contributed by atoms with Crippen molar-refractivity contribution in [3.63, 3.8) is 0 Å². The zero-order chi connectivity index (χ0) is 9.97. The van der Waals surface area contributed by atoms with Gasteiger partial charge in [-0.1, -0.05) is 0 Å². The molecule has 5 nitrogen and oxygen atoms in total. The van der Waals surface area contributed by atoms with Crippen molar-refractivity contribution in [1.29, 1.82) is 0 Å². The molecule has 1 aliphatic rings. The monoisotopic (exact) mass is 192 g/mol. The van der Waals surface area contributed by atoms with E-state index in [0.29, 0.717) is 5.69 Å². The number of carbonyl (C=O) groups excluding carboxylic acids is 1. The number of rotatable bonds is 2. The molecule has 1 saturated heterocycles. The maximum atomic E-state index is 11.5. The number of carbonyl (C=O) groups is 1. The van der Waals surface area contributed by atoms with Crippen LogP contribution < -0.4 is 5.32 Å². The average Bonchev–Trinajstić information content (AvgIpc) is 2.17. The summed E-state index contributed by atoms with van der Waals surface area (Å²) in [6.45, 7) is 1.82. The first-order chi connectivity index (χ1) is 6.75. The lowest BCUT2D eigenvalue weighted by molar-refractivity contribution is 0.0852. The Morgan fingerprint density at radius 3 is 2.93 bits per heavy atom. The minimum absolute atomic E-state index is 0.142. The summed E-state index contributed by atoms with van der Waals surface area (Å²) in [5.41, 5.74) is 0.377. The van der Waals surface area contributed by atoms with Crippen LogP contribution in [0.4, 0.5) is 0 Å². The lowest BCUT2D eigenvalue weighted by Gasteiger charge is -2.36. The zero-order valence-electron chi connectivity index (χ0n) is 7.97. The second-order valence-electron chi connectivity index (χ2n) is 3.48. The molecule has 1 fully saturated rings. The van der Waals surface area contributed by atoms with Crippen LogP contribution in [0.2, 0.25) is 0 Å². The summed E-state index contributed by atoms with van der Waals surface area (Å²) in [5, 5.41) is 2.88. The van der Waals surface area contributed by atoms with Gasteiger partial charge in [-0.05, 0) is 7.05 Å². The maximum Gasteiger partial charge on any atom is 0.271 e. The topological polar surface area (TPSA) is 58.1 Å². The molecule has 0 aliphatic carbocycles. The van der Waals surface area contributed by atoms with Crippen LogP contribution in [0, 0.1) is 0 Å². The average molecular weight is 192 g/mol. The minimum atomic E-state index is -0.142. The largest absolute Gasteiger partial charge is 0.345 e. The van der Waals surface area contributed by atoms with Gasteiger partial charge in [-0.15, -0.1) is 0 Å². The molecule has 2 rings (SSSR count). The Morgan fingerprint density at radius 1 is 1.57 bits per heavy atom. The van der Waals surface area contributed by atoms with Crippen molar-refractivity contribution in [2.24, 2.45) is 0 Å². The van der Waals surface area contributed by atoms with Crippen molar-refractivity contribution >= 4 is 5.91 Å². The highest BCUT2D eigenvalue weighted by Gasteiger charge is 2.25. The van der Waals surface area contributed by atoms with E-state index in [1.165, 1.54) is 12.4 Å². The van der Waals surface area contributed by atoms with Crippen molar-refractivity contribution in [1.82, 2.24) is 20.2 Å². The number of likely N-dealkylation sites (tertiary alicyclic amines) is 1. The summed E-state index contributed by atoms with van der Waals surface area (Å²) >= 11 is 0. The molecular weight excluding hydrogens is 180 g/mol. The van der Waals surface area contributed by atoms with Crippen molar-refractivity contribution in [3.05, 3.63) is 24.3 Å². The van der Waals surface area contributed by atoms with Gasteiger partial charge in [0.2, 0.25) is 0 Å². The summed E-state index contributed by atoms with van der Waals surface area (Å²) in [6.07, 6.45) is 4.54. The van der Waals surface area contributed by atoms with E-state index in [2.05, 4.69) is 20.2 Å². The third kappa shape index (κ3) is 1.88. The van der Waals surface area contributed by atoms with Crippen LogP contribution in [0.25, 0.3) is 0 Å². The van der Waals surface area contributed by atoms with Gasteiger partial charge in [0.1, 0.15) is 5.69 Å². The van der Waals surface area contributed by atoms with E-state index in [9.17, 15) is 4.79 Å². The van der Waals surface area contributed by atoms with Crippen LogP contribution in [-0.2, 0) is 0 Å². The van der Waals surface area contributed by atoms with Gasteiger partial charge in [0.15, 0.2) is 0 Å². The molecule has 0 atom stereocenters. The Balaban J connectivity index is 1.90. The van der Waals surface area contributed by atoms with Gasteiger partial charge in [-0.3, -0.25) is 9.78 Å². The quantitative estimate of drug-likeness (QED) is 0.687. The molecule has 0 unspecified atom stereocenters. The van der Waals surface area contributed by atoms with Crippen molar-refractivity contribution in [2.75, 3.05) is 20.1 Å². The van der Waals surface area contributed by atoms with Crippen LogP contribution >= 0.6 is 0 Å². The Kier molecular flexibility index (Phi) is 2.41. The molecule has 14 heavy (non-hydrogen) atoms. The van der Waals surface area contributed by atoms with Crippen molar-refractivity contribution in [3.8, 4) is 0 Å². The zero-order valence-corrected chi connectivity index (χ0v) is 7.97.